The lowest BCUT2D eigenvalue weighted by Crippen LogP contribution is -2.38. The van der Waals surface area contributed by atoms with Gasteiger partial charge in [0.1, 0.15) is 6.07 Å². The van der Waals surface area contributed by atoms with Crippen LogP contribution in [0.15, 0.2) is 36.4 Å². The average molecular weight is 320 g/mol. The van der Waals surface area contributed by atoms with Crippen molar-refractivity contribution in [3.05, 3.63) is 51.2 Å². The van der Waals surface area contributed by atoms with E-state index in [1.54, 1.807) is 0 Å². The van der Waals surface area contributed by atoms with Gasteiger partial charge in [-0.3, -0.25) is 0 Å². The molecule has 1 aromatic carbocycles. The highest BCUT2D eigenvalue weighted by Crippen LogP contribution is 2.35. The van der Waals surface area contributed by atoms with Crippen molar-refractivity contribution in [1.29, 1.82) is 5.26 Å². The number of likely N-dealkylation sites (N-methyl/N-ethyl adjacent to an activating group) is 1. The maximum absolute atomic E-state index is 9.29. The van der Waals surface area contributed by atoms with Crippen molar-refractivity contribution in [1.82, 2.24) is 0 Å². The number of nitrogens with zero attached hydrogens (tertiary/aromatic N) is 2. The molecule has 110 valence electrons. The second kappa shape index (κ2) is 6.95. The molecule has 1 aromatic heterocycles. The van der Waals surface area contributed by atoms with Crippen LogP contribution in [0.1, 0.15) is 29.8 Å². The molecule has 2 aromatic rings. The number of hydrogen-bond acceptors (Lipinski definition) is 4. The average Bonchev–Trinajstić information content (AvgIpc) is 2.93. The van der Waals surface area contributed by atoms with Crippen molar-refractivity contribution in [3.63, 3.8) is 0 Å². The Kier molecular flexibility index (Phi) is 5.24. The van der Waals surface area contributed by atoms with E-state index in [2.05, 4.69) is 17.9 Å². The van der Waals surface area contributed by atoms with Crippen LogP contribution >= 0.6 is 22.9 Å². The predicted molar refractivity (Wildman–Crippen MR) is 89.9 cm³/mol. The van der Waals surface area contributed by atoms with Gasteiger partial charge in [0.15, 0.2) is 0 Å². The summed E-state index contributed by atoms with van der Waals surface area (Å²) in [5.74, 6) is 0. The summed E-state index contributed by atoms with van der Waals surface area (Å²) in [5, 5.41) is 9.29. The molecule has 0 aliphatic heterocycles. The lowest BCUT2D eigenvalue weighted by molar-refractivity contribution is 0.516. The highest BCUT2D eigenvalue weighted by atomic mass is 35.5. The molecule has 0 radical (unpaired) electrons. The molecule has 0 saturated heterocycles. The summed E-state index contributed by atoms with van der Waals surface area (Å²) in [5.41, 5.74) is 7.86. The summed E-state index contributed by atoms with van der Waals surface area (Å²) in [6, 6.07) is 13.7. The minimum absolute atomic E-state index is 0.00185. The van der Waals surface area contributed by atoms with Gasteiger partial charge in [0.25, 0.3) is 0 Å². The normalized spacial score (nSPS) is 13.5. The molecule has 2 unspecified atom stereocenters. The molecule has 3 nitrogen and oxygen atoms in total. The number of halogens is 1. The van der Waals surface area contributed by atoms with Crippen molar-refractivity contribution >= 4 is 28.6 Å². The summed E-state index contributed by atoms with van der Waals surface area (Å²) in [6.07, 6.45) is 0.846. The van der Waals surface area contributed by atoms with E-state index in [1.807, 2.05) is 43.4 Å². The van der Waals surface area contributed by atoms with E-state index in [1.165, 1.54) is 11.3 Å². The maximum atomic E-state index is 9.29. The van der Waals surface area contributed by atoms with Crippen LogP contribution in [0.25, 0.3) is 0 Å². The second-order valence-electron chi connectivity index (χ2n) is 4.90. The fourth-order valence-corrected chi connectivity index (χ4v) is 3.71. The molecule has 21 heavy (non-hydrogen) atoms. The number of nitrogens with two attached hydrogens (primary N) is 1. The Hall–Kier alpha value is -1.54. The fourth-order valence-electron chi connectivity index (χ4n) is 2.43. The predicted octanol–water partition coefficient (Wildman–Crippen LogP) is 4.19. The van der Waals surface area contributed by atoms with Crippen molar-refractivity contribution in [3.8, 4) is 6.07 Å². The number of hydrogen-bond donors (Lipinski definition) is 1. The number of para-hydroxylation sites is 1. The summed E-state index contributed by atoms with van der Waals surface area (Å²) in [7, 11) is 1.98. The van der Waals surface area contributed by atoms with Crippen molar-refractivity contribution in [2.24, 2.45) is 5.73 Å². The van der Waals surface area contributed by atoms with Gasteiger partial charge in [0.05, 0.1) is 21.6 Å². The van der Waals surface area contributed by atoms with E-state index in [0.717, 1.165) is 21.3 Å². The van der Waals surface area contributed by atoms with Crippen LogP contribution in [0.3, 0.4) is 0 Å². The van der Waals surface area contributed by atoms with Gasteiger partial charge in [-0.05, 0) is 30.7 Å². The van der Waals surface area contributed by atoms with Crippen LogP contribution in [0.4, 0.5) is 5.69 Å². The SMILES string of the molecule is CCC(N)C(c1ccc(Cl)s1)N(C)c1ccccc1C#N. The first kappa shape index (κ1) is 15.8. The standard InChI is InChI=1S/C16H18ClN3S/c1-3-12(19)16(14-8-9-15(17)21-14)20(2)13-7-5-4-6-11(13)10-18/h4-9,12,16H,3,19H2,1-2H3. The first-order valence-corrected chi connectivity index (χ1v) is 8.00. The quantitative estimate of drug-likeness (QED) is 0.899. The molecule has 0 fully saturated rings. The van der Waals surface area contributed by atoms with Gasteiger partial charge >= 0.3 is 0 Å². The molecular weight excluding hydrogens is 302 g/mol. The summed E-state index contributed by atoms with van der Waals surface area (Å²) >= 11 is 7.61. The van der Waals surface area contributed by atoms with Gasteiger partial charge in [-0.15, -0.1) is 11.3 Å². The third-order valence-electron chi connectivity index (χ3n) is 3.58. The van der Waals surface area contributed by atoms with Gasteiger partial charge in [0, 0.05) is 18.0 Å². The Labute approximate surface area is 134 Å². The maximum Gasteiger partial charge on any atom is 0.101 e. The first-order valence-electron chi connectivity index (χ1n) is 6.81. The number of anilines is 1. The van der Waals surface area contributed by atoms with E-state index in [9.17, 15) is 5.26 Å². The van der Waals surface area contributed by atoms with Crippen molar-refractivity contribution < 1.29 is 0 Å². The molecule has 0 amide bonds. The van der Waals surface area contributed by atoms with E-state index in [4.69, 9.17) is 17.3 Å². The Morgan fingerprint density at radius 2 is 2.05 bits per heavy atom. The van der Waals surface area contributed by atoms with E-state index in [-0.39, 0.29) is 12.1 Å². The van der Waals surface area contributed by atoms with Gasteiger partial charge < -0.3 is 10.6 Å². The van der Waals surface area contributed by atoms with Gasteiger partial charge in [0.2, 0.25) is 0 Å². The third-order valence-corrected chi connectivity index (χ3v) is 4.89. The van der Waals surface area contributed by atoms with Gasteiger partial charge in [-0.1, -0.05) is 30.7 Å². The lowest BCUT2D eigenvalue weighted by Gasteiger charge is -2.33. The second-order valence-corrected chi connectivity index (χ2v) is 6.65. The van der Waals surface area contributed by atoms with Crippen LogP contribution in [0, 0.1) is 11.3 Å². The summed E-state index contributed by atoms with van der Waals surface area (Å²) in [4.78, 5) is 3.19. The third kappa shape index (κ3) is 3.38. The molecule has 0 saturated carbocycles. The largest absolute Gasteiger partial charge is 0.364 e. The Bertz CT molecular complexity index is 647. The molecule has 2 atom stereocenters. The Morgan fingerprint density at radius 3 is 2.62 bits per heavy atom. The van der Waals surface area contributed by atoms with E-state index in [0.29, 0.717) is 5.56 Å². The number of thiophene rings is 1. The highest BCUT2D eigenvalue weighted by molar-refractivity contribution is 7.16. The number of rotatable bonds is 5. The molecule has 2 N–H and O–H groups in total. The monoisotopic (exact) mass is 319 g/mol. The van der Waals surface area contributed by atoms with Gasteiger partial charge in [-0.2, -0.15) is 5.26 Å². The molecular formula is C16H18ClN3S. The minimum Gasteiger partial charge on any atom is -0.364 e. The molecule has 1 heterocycles. The minimum atomic E-state index is -0.0311. The van der Waals surface area contributed by atoms with E-state index < -0.39 is 0 Å². The zero-order valence-electron chi connectivity index (χ0n) is 12.1. The molecule has 5 heteroatoms. The Morgan fingerprint density at radius 1 is 1.33 bits per heavy atom. The Balaban J connectivity index is 2.44. The molecule has 2 rings (SSSR count). The first-order chi connectivity index (χ1) is 10.1. The number of benzene rings is 1. The molecule has 0 aliphatic carbocycles. The number of nitriles is 1. The van der Waals surface area contributed by atoms with Crippen LogP contribution in [0.5, 0.6) is 0 Å². The van der Waals surface area contributed by atoms with Gasteiger partial charge in [-0.25, -0.2) is 0 Å². The van der Waals surface area contributed by atoms with Crippen LogP contribution < -0.4 is 10.6 Å². The van der Waals surface area contributed by atoms with Crippen LogP contribution in [-0.2, 0) is 0 Å². The van der Waals surface area contributed by atoms with Crippen molar-refractivity contribution in [2.75, 3.05) is 11.9 Å². The topological polar surface area (TPSA) is 53.0 Å². The highest BCUT2D eigenvalue weighted by Gasteiger charge is 2.26. The zero-order chi connectivity index (χ0) is 15.4. The van der Waals surface area contributed by atoms with Crippen LogP contribution in [-0.4, -0.2) is 13.1 Å². The molecule has 0 spiro atoms. The van der Waals surface area contributed by atoms with E-state index >= 15 is 0 Å². The molecule has 0 bridgehead atoms. The van der Waals surface area contributed by atoms with Crippen LogP contribution in [0.2, 0.25) is 4.34 Å². The molecule has 0 aliphatic rings. The lowest BCUT2D eigenvalue weighted by atomic mass is 10.0. The smallest absolute Gasteiger partial charge is 0.101 e. The van der Waals surface area contributed by atoms with Crippen molar-refractivity contribution in [2.45, 2.75) is 25.4 Å². The summed E-state index contributed by atoms with van der Waals surface area (Å²) in [6.45, 7) is 2.07. The fraction of sp³-hybridized carbons (Fsp3) is 0.312. The zero-order valence-corrected chi connectivity index (χ0v) is 13.7. The summed E-state index contributed by atoms with van der Waals surface area (Å²) < 4.78 is 0.750.